The van der Waals surface area contributed by atoms with Crippen molar-refractivity contribution >= 4 is 21.6 Å². The minimum Gasteiger partial charge on any atom is -0.371 e. The van der Waals surface area contributed by atoms with Gasteiger partial charge in [0.1, 0.15) is 5.76 Å². The zero-order valence-electron chi connectivity index (χ0n) is 13.1. The van der Waals surface area contributed by atoms with Crippen molar-refractivity contribution in [2.45, 2.75) is 26.8 Å². The van der Waals surface area contributed by atoms with Gasteiger partial charge >= 0.3 is 0 Å². The highest BCUT2D eigenvalue weighted by molar-refractivity contribution is 9.10. The summed E-state index contributed by atoms with van der Waals surface area (Å²) in [6.07, 6.45) is 1.24. The predicted molar refractivity (Wildman–Crippen MR) is 92.1 cm³/mol. The first kappa shape index (κ1) is 15.6. The van der Waals surface area contributed by atoms with Crippen molar-refractivity contribution in [3.63, 3.8) is 0 Å². The third-order valence-corrected chi connectivity index (χ3v) is 4.87. The van der Waals surface area contributed by atoms with Crippen LogP contribution in [0, 0.1) is 19.8 Å². The third-order valence-electron chi connectivity index (χ3n) is 4.38. The van der Waals surface area contributed by atoms with Crippen molar-refractivity contribution in [1.29, 1.82) is 0 Å². The number of halogens is 1. The Balaban J connectivity index is 1.49. The van der Waals surface area contributed by atoms with Crippen LogP contribution in [0.1, 0.15) is 23.4 Å². The van der Waals surface area contributed by atoms with E-state index < -0.39 is 0 Å². The van der Waals surface area contributed by atoms with E-state index in [2.05, 4.69) is 55.6 Å². The van der Waals surface area contributed by atoms with Gasteiger partial charge in [0.05, 0.1) is 5.69 Å². The summed E-state index contributed by atoms with van der Waals surface area (Å²) in [5, 5.41) is 7.56. The highest BCUT2D eigenvalue weighted by Gasteiger charge is 2.22. The first-order chi connectivity index (χ1) is 10.6. The van der Waals surface area contributed by atoms with Crippen molar-refractivity contribution in [2.75, 3.05) is 24.5 Å². The fourth-order valence-electron chi connectivity index (χ4n) is 3.06. The van der Waals surface area contributed by atoms with E-state index in [0.717, 1.165) is 42.1 Å². The Hall–Kier alpha value is -1.33. The Morgan fingerprint density at radius 1 is 1.41 bits per heavy atom. The van der Waals surface area contributed by atoms with Crippen molar-refractivity contribution in [1.82, 2.24) is 10.5 Å². The summed E-state index contributed by atoms with van der Waals surface area (Å²) in [7, 11) is 0. The highest BCUT2D eigenvalue weighted by Crippen LogP contribution is 2.26. The standard InChI is InChI=1S/C17H22BrN3O/c1-12-17(13(2)22-20-12)10-19-9-14-6-7-21(11-14)16-5-3-4-15(18)8-16/h3-5,8,14,19H,6-7,9-11H2,1-2H3/t14-/m0/s1. The summed E-state index contributed by atoms with van der Waals surface area (Å²) in [6, 6.07) is 8.55. The normalized spacial score (nSPS) is 18.1. The minimum absolute atomic E-state index is 0.694. The average molecular weight is 364 g/mol. The molecule has 1 aliphatic heterocycles. The van der Waals surface area contributed by atoms with E-state index in [4.69, 9.17) is 4.52 Å². The van der Waals surface area contributed by atoms with Crippen LogP contribution in [0.2, 0.25) is 0 Å². The molecule has 1 saturated heterocycles. The van der Waals surface area contributed by atoms with Crippen LogP contribution in [0.5, 0.6) is 0 Å². The fourth-order valence-corrected chi connectivity index (χ4v) is 3.45. The maximum absolute atomic E-state index is 5.20. The molecule has 0 spiro atoms. The molecule has 4 nitrogen and oxygen atoms in total. The van der Waals surface area contributed by atoms with Crippen LogP contribution >= 0.6 is 15.9 Å². The number of rotatable bonds is 5. The number of hydrogen-bond acceptors (Lipinski definition) is 4. The summed E-state index contributed by atoms with van der Waals surface area (Å²) >= 11 is 3.55. The number of nitrogens with one attached hydrogen (secondary N) is 1. The van der Waals surface area contributed by atoms with Crippen LogP contribution in [0.15, 0.2) is 33.3 Å². The lowest BCUT2D eigenvalue weighted by Gasteiger charge is -2.19. The number of hydrogen-bond donors (Lipinski definition) is 1. The molecule has 1 fully saturated rings. The van der Waals surface area contributed by atoms with Gasteiger partial charge < -0.3 is 14.7 Å². The SMILES string of the molecule is Cc1noc(C)c1CNC[C@@H]1CCN(c2cccc(Br)c2)C1. The van der Waals surface area contributed by atoms with E-state index in [1.165, 1.54) is 17.7 Å². The molecule has 0 radical (unpaired) electrons. The second-order valence-corrected chi connectivity index (χ2v) is 6.93. The van der Waals surface area contributed by atoms with Gasteiger partial charge in [-0.3, -0.25) is 0 Å². The zero-order chi connectivity index (χ0) is 15.5. The maximum Gasteiger partial charge on any atom is 0.138 e. The van der Waals surface area contributed by atoms with Crippen LogP contribution in [0.25, 0.3) is 0 Å². The van der Waals surface area contributed by atoms with E-state index in [1.54, 1.807) is 0 Å². The molecule has 118 valence electrons. The van der Waals surface area contributed by atoms with Crippen molar-refractivity contribution in [3.05, 3.63) is 45.8 Å². The van der Waals surface area contributed by atoms with Crippen molar-refractivity contribution in [3.8, 4) is 0 Å². The summed E-state index contributed by atoms with van der Waals surface area (Å²) in [6.45, 7) is 8.10. The van der Waals surface area contributed by atoms with Gasteiger partial charge in [0, 0.05) is 41.9 Å². The molecule has 2 aromatic rings. The monoisotopic (exact) mass is 363 g/mol. The van der Waals surface area contributed by atoms with E-state index in [1.807, 2.05) is 13.8 Å². The van der Waals surface area contributed by atoms with Gasteiger partial charge in [0.15, 0.2) is 0 Å². The fraction of sp³-hybridized carbons (Fsp3) is 0.471. The number of anilines is 1. The molecule has 1 aliphatic rings. The molecule has 1 aromatic heterocycles. The highest BCUT2D eigenvalue weighted by atomic mass is 79.9. The molecule has 1 atom stereocenters. The van der Waals surface area contributed by atoms with Gasteiger partial charge in [0.25, 0.3) is 0 Å². The Morgan fingerprint density at radius 3 is 3.00 bits per heavy atom. The smallest absolute Gasteiger partial charge is 0.138 e. The van der Waals surface area contributed by atoms with E-state index >= 15 is 0 Å². The molecule has 0 unspecified atom stereocenters. The lowest BCUT2D eigenvalue weighted by atomic mass is 10.1. The maximum atomic E-state index is 5.20. The van der Waals surface area contributed by atoms with Crippen molar-refractivity contribution < 1.29 is 4.52 Å². The number of aryl methyl sites for hydroxylation is 2. The Labute approximate surface area is 140 Å². The third kappa shape index (κ3) is 3.52. The van der Waals surface area contributed by atoms with Crippen LogP contribution < -0.4 is 10.2 Å². The molecule has 5 heteroatoms. The molecular weight excluding hydrogens is 342 g/mol. The first-order valence-electron chi connectivity index (χ1n) is 7.76. The Kier molecular flexibility index (Phi) is 4.84. The summed E-state index contributed by atoms with van der Waals surface area (Å²) in [5.74, 6) is 1.62. The van der Waals surface area contributed by atoms with Gasteiger partial charge in [0.2, 0.25) is 0 Å². The molecule has 0 saturated carbocycles. The number of nitrogens with zero attached hydrogens (tertiary/aromatic N) is 2. The molecule has 0 amide bonds. The molecular formula is C17H22BrN3O. The average Bonchev–Trinajstić information content (AvgIpc) is 3.09. The molecule has 2 heterocycles. The Bertz CT molecular complexity index is 621. The predicted octanol–water partition coefficient (Wildman–Crippen LogP) is 3.67. The number of benzene rings is 1. The number of aromatic nitrogens is 1. The van der Waals surface area contributed by atoms with Crippen LogP contribution in [-0.4, -0.2) is 24.8 Å². The largest absolute Gasteiger partial charge is 0.371 e. The van der Waals surface area contributed by atoms with Gasteiger partial charge in [-0.25, -0.2) is 0 Å². The second kappa shape index (κ2) is 6.84. The molecule has 0 bridgehead atoms. The second-order valence-electron chi connectivity index (χ2n) is 6.01. The lowest BCUT2D eigenvalue weighted by molar-refractivity contribution is 0.391. The van der Waals surface area contributed by atoms with E-state index in [-0.39, 0.29) is 0 Å². The van der Waals surface area contributed by atoms with Crippen LogP contribution in [0.4, 0.5) is 5.69 Å². The van der Waals surface area contributed by atoms with E-state index in [0.29, 0.717) is 5.92 Å². The quantitative estimate of drug-likeness (QED) is 0.879. The molecule has 1 aromatic carbocycles. The van der Waals surface area contributed by atoms with Crippen LogP contribution in [0.3, 0.4) is 0 Å². The summed E-state index contributed by atoms with van der Waals surface area (Å²) in [5.41, 5.74) is 3.50. The zero-order valence-corrected chi connectivity index (χ0v) is 14.7. The van der Waals surface area contributed by atoms with Crippen LogP contribution in [-0.2, 0) is 6.54 Å². The molecule has 22 heavy (non-hydrogen) atoms. The Morgan fingerprint density at radius 2 is 2.27 bits per heavy atom. The first-order valence-corrected chi connectivity index (χ1v) is 8.56. The van der Waals surface area contributed by atoms with Gasteiger partial charge in [-0.15, -0.1) is 0 Å². The topological polar surface area (TPSA) is 41.3 Å². The van der Waals surface area contributed by atoms with Gasteiger partial charge in [-0.2, -0.15) is 0 Å². The summed E-state index contributed by atoms with van der Waals surface area (Å²) in [4.78, 5) is 2.47. The molecule has 1 N–H and O–H groups in total. The van der Waals surface area contributed by atoms with Gasteiger partial charge in [-0.05, 0) is 44.4 Å². The molecule has 3 rings (SSSR count). The minimum atomic E-state index is 0.694. The molecule has 0 aliphatic carbocycles. The van der Waals surface area contributed by atoms with E-state index in [9.17, 15) is 0 Å². The van der Waals surface area contributed by atoms with Gasteiger partial charge in [-0.1, -0.05) is 27.2 Å². The lowest BCUT2D eigenvalue weighted by Crippen LogP contribution is -2.26. The summed E-state index contributed by atoms with van der Waals surface area (Å²) < 4.78 is 6.34. The van der Waals surface area contributed by atoms with Crippen molar-refractivity contribution in [2.24, 2.45) is 5.92 Å².